The molecule has 11 N–H and O–H groups in total. The van der Waals surface area contributed by atoms with Gasteiger partial charge in [0, 0.05) is 6.42 Å². The van der Waals surface area contributed by atoms with Crippen molar-refractivity contribution in [1.29, 1.82) is 0 Å². The van der Waals surface area contributed by atoms with E-state index in [0.717, 1.165) is 0 Å². The number of carbonyl (C=O) groups is 7. The third-order valence-electron chi connectivity index (χ3n) is 4.71. The molecule has 36 heavy (non-hydrogen) atoms. The number of rotatable bonds is 15. The van der Waals surface area contributed by atoms with Gasteiger partial charge in [-0.1, -0.05) is 30.3 Å². The molecule has 0 aliphatic rings. The Morgan fingerprint density at radius 3 is 1.64 bits per heavy atom. The minimum atomic E-state index is -1.77. The van der Waals surface area contributed by atoms with Crippen LogP contribution in [0.15, 0.2) is 30.3 Å². The molecule has 1 aromatic carbocycles. The van der Waals surface area contributed by atoms with Crippen LogP contribution >= 0.6 is 0 Å². The normalized spacial score (nSPS) is 13.8. The highest BCUT2D eigenvalue weighted by molar-refractivity contribution is 5.97. The molecule has 15 nitrogen and oxygen atoms in total. The van der Waals surface area contributed by atoms with Crippen molar-refractivity contribution in [3.8, 4) is 0 Å². The van der Waals surface area contributed by atoms with Gasteiger partial charge < -0.3 is 43.4 Å². The minimum Gasteiger partial charge on any atom is -0.481 e. The number of hydrogen-bond acceptors (Lipinski definition) is 8. The van der Waals surface area contributed by atoms with Crippen molar-refractivity contribution in [2.45, 2.75) is 49.9 Å². The zero-order valence-corrected chi connectivity index (χ0v) is 19.0. The number of hydrogen-bond donors (Lipinski definition) is 8. The van der Waals surface area contributed by atoms with E-state index in [-0.39, 0.29) is 6.42 Å². The lowest BCUT2D eigenvalue weighted by molar-refractivity contribution is -0.143. The molecule has 0 fully saturated rings. The molecule has 1 aromatic rings. The van der Waals surface area contributed by atoms with E-state index in [2.05, 4.69) is 10.6 Å². The fourth-order valence-electron chi connectivity index (χ4n) is 2.98. The van der Waals surface area contributed by atoms with Crippen LogP contribution in [0, 0.1) is 0 Å². The van der Waals surface area contributed by atoms with Crippen LogP contribution in [0.3, 0.4) is 0 Å². The molecule has 0 saturated carbocycles. The van der Waals surface area contributed by atoms with Crippen molar-refractivity contribution in [2.75, 3.05) is 0 Å². The first-order chi connectivity index (χ1) is 16.8. The van der Waals surface area contributed by atoms with Crippen molar-refractivity contribution in [3.63, 3.8) is 0 Å². The average molecular weight is 508 g/mol. The number of carboxylic acid groups (broad SMARTS) is 2. The Kier molecular flexibility index (Phi) is 11.5. The molecule has 0 radical (unpaired) electrons. The molecule has 0 heterocycles. The monoisotopic (exact) mass is 508 g/mol. The van der Waals surface area contributed by atoms with Gasteiger partial charge in [0.2, 0.25) is 29.5 Å². The molecular formula is C21H28N6O9. The fourth-order valence-corrected chi connectivity index (χ4v) is 2.98. The SMILES string of the molecule is NC(=O)CC(N)C(=O)NC(CC(=O)O)C(=O)NC(CC(N)=O)C(=O)NC(Cc1ccccc1)C(=O)O. The van der Waals surface area contributed by atoms with Crippen LogP contribution in [0.25, 0.3) is 0 Å². The van der Waals surface area contributed by atoms with Crippen LogP contribution in [-0.4, -0.2) is 75.9 Å². The Hall–Kier alpha value is -4.53. The van der Waals surface area contributed by atoms with Crippen molar-refractivity contribution < 1.29 is 43.8 Å². The van der Waals surface area contributed by atoms with Crippen LogP contribution in [0.2, 0.25) is 0 Å². The standard InChI is InChI=1S/C21H28N6O9/c22-11(7-15(23)28)18(32)25-13(9-17(30)31)20(34)26-12(8-16(24)29)19(33)27-14(21(35)36)6-10-4-2-1-3-5-10/h1-5,11-14H,6-9,22H2,(H2,23,28)(H2,24,29)(H,25,32)(H,26,34)(H,27,33)(H,30,31)(H,35,36). The molecule has 0 saturated heterocycles. The van der Waals surface area contributed by atoms with E-state index < -0.39 is 84.9 Å². The number of aliphatic carboxylic acids is 2. The van der Waals surface area contributed by atoms with E-state index in [1.54, 1.807) is 30.3 Å². The number of carbonyl (C=O) groups excluding carboxylic acids is 5. The summed E-state index contributed by atoms with van der Waals surface area (Å²) in [7, 11) is 0. The zero-order chi connectivity index (χ0) is 27.4. The van der Waals surface area contributed by atoms with Gasteiger partial charge >= 0.3 is 11.9 Å². The highest BCUT2D eigenvalue weighted by atomic mass is 16.4. The van der Waals surface area contributed by atoms with Gasteiger partial charge in [-0.3, -0.25) is 28.8 Å². The van der Waals surface area contributed by atoms with E-state index in [1.165, 1.54) is 0 Å². The molecule has 4 unspecified atom stereocenters. The van der Waals surface area contributed by atoms with Gasteiger partial charge in [-0.2, -0.15) is 0 Å². The van der Waals surface area contributed by atoms with Gasteiger partial charge in [0.05, 0.1) is 25.3 Å². The smallest absolute Gasteiger partial charge is 0.326 e. The highest BCUT2D eigenvalue weighted by Gasteiger charge is 2.32. The first kappa shape index (κ1) is 29.5. The van der Waals surface area contributed by atoms with E-state index in [0.29, 0.717) is 5.56 Å². The topological polar surface area (TPSA) is 274 Å². The summed E-state index contributed by atoms with van der Waals surface area (Å²) in [6.07, 6.45) is -2.41. The Morgan fingerprint density at radius 1 is 0.694 bits per heavy atom. The number of benzene rings is 1. The zero-order valence-electron chi connectivity index (χ0n) is 19.0. The van der Waals surface area contributed by atoms with Crippen LogP contribution in [0.5, 0.6) is 0 Å². The lowest BCUT2D eigenvalue weighted by Crippen LogP contribution is -2.58. The maximum atomic E-state index is 12.7. The quantitative estimate of drug-likeness (QED) is 0.115. The van der Waals surface area contributed by atoms with Crippen molar-refractivity contribution >= 4 is 41.5 Å². The van der Waals surface area contributed by atoms with Gasteiger partial charge in [0.15, 0.2) is 0 Å². The summed E-state index contributed by atoms with van der Waals surface area (Å²) in [4.78, 5) is 82.8. The second-order valence-electron chi connectivity index (χ2n) is 7.76. The van der Waals surface area contributed by atoms with E-state index >= 15 is 0 Å². The Bertz CT molecular complexity index is 1000. The summed E-state index contributed by atoms with van der Waals surface area (Å²) < 4.78 is 0. The van der Waals surface area contributed by atoms with Gasteiger partial charge in [0.1, 0.15) is 18.1 Å². The summed E-state index contributed by atoms with van der Waals surface area (Å²) in [5.41, 5.74) is 16.2. The number of nitrogens with two attached hydrogens (primary N) is 3. The summed E-state index contributed by atoms with van der Waals surface area (Å²) in [5, 5.41) is 24.9. The summed E-state index contributed by atoms with van der Waals surface area (Å²) in [6.45, 7) is 0. The number of carboxylic acids is 2. The Morgan fingerprint density at radius 2 is 1.17 bits per heavy atom. The second kappa shape index (κ2) is 14.0. The molecule has 4 atom stereocenters. The molecule has 0 spiro atoms. The summed E-state index contributed by atoms with van der Waals surface area (Å²) >= 11 is 0. The second-order valence-corrected chi connectivity index (χ2v) is 7.76. The van der Waals surface area contributed by atoms with Crippen molar-refractivity contribution in [2.24, 2.45) is 17.2 Å². The van der Waals surface area contributed by atoms with Crippen LogP contribution in [0.4, 0.5) is 0 Å². The number of nitrogens with one attached hydrogen (secondary N) is 3. The first-order valence-corrected chi connectivity index (χ1v) is 10.5. The number of amides is 5. The fraction of sp³-hybridized carbons (Fsp3) is 0.381. The lowest BCUT2D eigenvalue weighted by Gasteiger charge is -2.24. The molecule has 5 amide bonds. The van der Waals surface area contributed by atoms with E-state index in [1.807, 2.05) is 5.32 Å². The highest BCUT2D eigenvalue weighted by Crippen LogP contribution is 2.05. The van der Waals surface area contributed by atoms with Crippen LogP contribution in [-0.2, 0) is 40.0 Å². The third kappa shape index (κ3) is 10.6. The molecular weight excluding hydrogens is 480 g/mol. The molecule has 0 aliphatic carbocycles. The lowest BCUT2D eigenvalue weighted by atomic mass is 10.0. The van der Waals surface area contributed by atoms with Gasteiger partial charge in [0.25, 0.3) is 0 Å². The number of primary amides is 2. The van der Waals surface area contributed by atoms with Gasteiger partial charge in [-0.25, -0.2) is 4.79 Å². The Labute approximate surface area is 204 Å². The predicted octanol–water partition coefficient (Wildman–Crippen LogP) is -3.68. The van der Waals surface area contributed by atoms with Crippen molar-refractivity contribution in [3.05, 3.63) is 35.9 Å². The van der Waals surface area contributed by atoms with Crippen molar-refractivity contribution in [1.82, 2.24) is 16.0 Å². The Balaban J connectivity index is 3.02. The molecule has 0 aliphatic heterocycles. The average Bonchev–Trinajstić information content (AvgIpc) is 2.77. The van der Waals surface area contributed by atoms with Crippen LogP contribution in [0.1, 0.15) is 24.8 Å². The molecule has 1 rings (SSSR count). The molecule has 15 heteroatoms. The third-order valence-corrected chi connectivity index (χ3v) is 4.71. The minimum absolute atomic E-state index is 0.116. The largest absolute Gasteiger partial charge is 0.481 e. The van der Waals surface area contributed by atoms with E-state index in [9.17, 15) is 38.7 Å². The maximum absolute atomic E-state index is 12.7. The van der Waals surface area contributed by atoms with E-state index in [4.69, 9.17) is 22.3 Å². The van der Waals surface area contributed by atoms with Gasteiger partial charge in [-0.15, -0.1) is 0 Å². The molecule has 0 aromatic heterocycles. The molecule has 0 bridgehead atoms. The summed E-state index contributed by atoms with van der Waals surface area (Å²) in [6, 6.07) is 1.93. The van der Waals surface area contributed by atoms with Gasteiger partial charge in [-0.05, 0) is 5.56 Å². The first-order valence-electron chi connectivity index (χ1n) is 10.5. The predicted molar refractivity (Wildman–Crippen MR) is 121 cm³/mol. The summed E-state index contributed by atoms with van der Waals surface area (Å²) in [5.74, 6) is -8.21. The van der Waals surface area contributed by atoms with Crippen LogP contribution < -0.4 is 33.2 Å². The molecule has 196 valence electrons. The maximum Gasteiger partial charge on any atom is 0.326 e.